The predicted molar refractivity (Wildman–Crippen MR) is 112 cm³/mol. The molecule has 4 rings (SSSR count). The molecular weight excluding hydrogens is 401 g/mol. The van der Waals surface area contributed by atoms with Crippen molar-refractivity contribution in [1.29, 1.82) is 0 Å². The second-order valence-corrected chi connectivity index (χ2v) is 7.12. The van der Waals surface area contributed by atoms with E-state index in [9.17, 15) is 18.8 Å². The Labute approximate surface area is 176 Å². The molecule has 31 heavy (non-hydrogen) atoms. The molecule has 3 aromatic rings. The second kappa shape index (κ2) is 7.91. The van der Waals surface area contributed by atoms with Crippen LogP contribution in [0.5, 0.6) is 0 Å². The Balaban J connectivity index is 1.45. The van der Waals surface area contributed by atoms with Gasteiger partial charge in [0.05, 0.1) is 5.56 Å². The van der Waals surface area contributed by atoms with E-state index in [1.807, 2.05) is 0 Å². The minimum atomic E-state index is -1.22. The van der Waals surface area contributed by atoms with Gasteiger partial charge in [-0.15, -0.1) is 0 Å². The van der Waals surface area contributed by atoms with Gasteiger partial charge in [-0.1, -0.05) is 24.3 Å². The van der Waals surface area contributed by atoms with Crippen molar-refractivity contribution >= 4 is 29.6 Å². The molecule has 8 heteroatoms. The first-order valence-electron chi connectivity index (χ1n) is 9.43. The number of hydrogen-bond acceptors (Lipinski definition) is 4. The number of imide groups is 1. The molecule has 2 heterocycles. The van der Waals surface area contributed by atoms with Crippen molar-refractivity contribution in [1.82, 2.24) is 10.6 Å². The average molecular weight is 419 g/mol. The molecule has 4 amide bonds. The molecule has 0 bridgehead atoms. The lowest BCUT2D eigenvalue weighted by atomic mass is 9.92. The minimum absolute atomic E-state index is 0.333. The van der Waals surface area contributed by atoms with Gasteiger partial charge in [0.1, 0.15) is 22.9 Å². The molecular formula is C23H18FN3O4. The standard InChI is InChI=1S/C23H18FN3O4/c1-23(21(29)26-22(30)27-23)14-5-4-6-15(13-14)25-20(28)12-10-16-9-11-19(31-16)17-7-2-3-8-18(17)24/h2-13H,1H3,(H,25,28)(H2,26,27,29,30)/b12-10+. The number of nitrogens with one attached hydrogen (secondary N) is 3. The van der Waals surface area contributed by atoms with Crippen LogP contribution in [0.2, 0.25) is 0 Å². The van der Waals surface area contributed by atoms with Crippen LogP contribution >= 0.6 is 0 Å². The van der Waals surface area contributed by atoms with Crippen LogP contribution in [-0.2, 0) is 15.1 Å². The summed E-state index contributed by atoms with van der Waals surface area (Å²) in [5.74, 6) is -0.544. The van der Waals surface area contributed by atoms with Crippen LogP contribution in [0.4, 0.5) is 14.9 Å². The van der Waals surface area contributed by atoms with Crippen molar-refractivity contribution in [3.8, 4) is 11.3 Å². The normalized spacial score (nSPS) is 18.1. The fraction of sp³-hybridized carbons (Fsp3) is 0.0870. The van der Waals surface area contributed by atoms with Gasteiger partial charge in [-0.25, -0.2) is 9.18 Å². The summed E-state index contributed by atoms with van der Waals surface area (Å²) in [5.41, 5.74) is 0.0947. The molecule has 1 aliphatic rings. The molecule has 1 aromatic heterocycles. The topological polar surface area (TPSA) is 100 Å². The van der Waals surface area contributed by atoms with Crippen molar-refractivity contribution in [2.24, 2.45) is 0 Å². The van der Waals surface area contributed by atoms with E-state index >= 15 is 0 Å². The molecule has 0 aliphatic carbocycles. The van der Waals surface area contributed by atoms with E-state index in [2.05, 4.69) is 16.0 Å². The summed E-state index contributed by atoms with van der Waals surface area (Å²) >= 11 is 0. The molecule has 0 saturated carbocycles. The van der Waals surface area contributed by atoms with E-state index in [-0.39, 0.29) is 0 Å². The molecule has 1 atom stereocenters. The quantitative estimate of drug-likeness (QED) is 0.433. The highest BCUT2D eigenvalue weighted by molar-refractivity contribution is 6.07. The highest BCUT2D eigenvalue weighted by atomic mass is 19.1. The predicted octanol–water partition coefficient (Wildman–Crippen LogP) is 3.79. The summed E-state index contributed by atoms with van der Waals surface area (Å²) in [5, 5.41) is 7.47. The number of halogens is 1. The van der Waals surface area contributed by atoms with Crippen LogP contribution in [0.15, 0.2) is 71.2 Å². The SMILES string of the molecule is CC1(c2cccc(NC(=O)/C=C/c3ccc(-c4ccccc4F)o3)c2)NC(=O)NC1=O. The number of rotatable bonds is 5. The largest absolute Gasteiger partial charge is 0.457 e. The van der Waals surface area contributed by atoms with E-state index in [0.29, 0.717) is 28.3 Å². The van der Waals surface area contributed by atoms with Crippen molar-refractivity contribution in [3.05, 3.63) is 83.9 Å². The summed E-state index contributed by atoms with van der Waals surface area (Å²) in [6.45, 7) is 1.58. The number of urea groups is 1. The highest BCUT2D eigenvalue weighted by Crippen LogP contribution is 2.27. The Kier molecular flexibility index (Phi) is 5.12. The maximum atomic E-state index is 13.9. The van der Waals surface area contributed by atoms with Gasteiger partial charge in [0.25, 0.3) is 5.91 Å². The Hall–Kier alpha value is -4.20. The fourth-order valence-corrected chi connectivity index (χ4v) is 3.24. The molecule has 1 aliphatic heterocycles. The Morgan fingerprint density at radius 2 is 1.90 bits per heavy atom. The third kappa shape index (κ3) is 4.09. The molecule has 7 nitrogen and oxygen atoms in total. The van der Waals surface area contributed by atoms with Crippen molar-refractivity contribution in [2.45, 2.75) is 12.5 Å². The summed E-state index contributed by atoms with van der Waals surface area (Å²) in [6.07, 6.45) is 2.75. The van der Waals surface area contributed by atoms with Crippen LogP contribution in [0, 0.1) is 5.82 Å². The first-order valence-corrected chi connectivity index (χ1v) is 9.43. The van der Waals surface area contributed by atoms with Gasteiger partial charge in [-0.2, -0.15) is 0 Å². The zero-order chi connectivity index (χ0) is 22.0. The number of furan rings is 1. The molecule has 0 spiro atoms. The molecule has 1 unspecified atom stereocenters. The zero-order valence-electron chi connectivity index (χ0n) is 16.4. The molecule has 3 N–H and O–H groups in total. The average Bonchev–Trinajstić information content (AvgIpc) is 3.31. The van der Waals surface area contributed by atoms with Gasteiger partial charge < -0.3 is 15.1 Å². The van der Waals surface area contributed by atoms with E-state index in [1.165, 1.54) is 18.2 Å². The number of carbonyl (C=O) groups is 3. The lowest BCUT2D eigenvalue weighted by molar-refractivity contribution is -0.123. The van der Waals surface area contributed by atoms with E-state index < -0.39 is 29.2 Å². The van der Waals surface area contributed by atoms with Gasteiger partial charge >= 0.3 is 6.03 Å². The van der Waals surface area contributed by atoms with Gasteiger partial charge in [-0.3, -0.25) is 14.9 Å². The lowest BCUT2D eigenvalue weighted by Gasteiger charge is -2.21. The number of amides is 4. The van der Waals surface area contributed by atoms with Crippen LogP contribution in [0.3, 0.4) is 0 Å². The van der Waals surface area contributed by atoms with Crippen LogP contribution in [-0.4, -0.2) is 17.8 Å². The number of hydrogen-bond donors (Lipinski definition) is 3. The number of anilines is 1. The Morgan fingerprint density at radius 1 is 1.10 bits per heavy atom. The Bertz CT molecular complexity index is 1220. The highest BCUT2D eigenvalue weighted by Gasteiger charge is 2.43. The monoisotopic (exact) mass is 419 g/mol. The zero-order valence-corrected chi connectivity index (χ0v) is 16.4. The summed E-state index contributed by atoms with van der Waals surface area (Å²) in [6, 6.07) is 15.6. The lowest BCUT2D eigenvalue weighted by Crippen LogP contribution is -2.40. The van der Waals surface area contributed by atoms with Crippen molar-refractivity contribution in [3.63, 3.8) is 0 Å². The molecule has 1 fully saturated rings. The van der Waals surface area contributed by atoms with Gasteiger partial charge in [0.15, 0.2) is 0 Å². The van der Waals surface area contributed by atoms with E-state index in [1.54, 1.807) is 61.5 Å². The summed E-state index contributed by atoms with van der Waals surface area (Å²) in [4.78, 5) is 35.9. The number of benzene rings is 2. The van der Waals surface area contributed by atoms with Crippen molar-refractivity contribution < 1.29 is 23.2 Å². The van der Waals surface area contributed by atoms with Gasteiger partial charge in [-0.05, 0) is 55.0 Å². The number of carbonyl (C=O) groups excluding carboxylic acids is 3. The van der Waals surface area contributed by atoms with Crippen LogP contribution in [0.1, 0.15) is 18.2 Å². The summed E-state index contributed by atoms with van der Waals surface area (Å²) in [7, 11) is 0. The molecule has 1 saturated heterocycles. The maximum Gasteiger partial charge on any atom is 0.322 e. The molecule has 156 valence electrons. The maximum absolute atomic E-state index is 13.9. The first kappa shape index (κ1) is 20.1. The smallest absolute Gasteiger partial charge is 0.322 e. The summed E-state index contributed by atoms with van der Waals surface area (Å²) < 4.78 is 19.4. The van der Waals surface area contributed by atoms with Crippen LogP contribution in [0.25, 0.3) is 17.4 Å². The van der Waals surface area contributed by atoms with E-state index in [0.717, 1.165) is 0 Å². The Morgan fingerprint density at radius 3 is 2.65 bits per heavy atom. The first-order chi connectivity index (χ1) is 14.8. The second-order valence-electron chi connectivity index (χ2n) is 7.12. The van der Waals surface area contributed by atoms with Crippen LogP contribution < -0.4 is 16.0 Å². The van der Waals surface area contributed by atoms with E-state index in [4.69, 9.17) is 4.42 Å². The molecule has 2 aromatic carbocycles. The third-order valence-corrected chi connectivity index (χ3v) is 4.92. The third-order valence-electron chi connectivity index (χ3n) is 4.92. The fourth-order valence-electron chi connectivity index (χ4n) is 3.24. The minimum Gasteiger partial charge on any atom is -0.457 e. The van der Waals surface area contributed by atoms with Gasteiger partial charge in [0, 0.05) is 11.8 Å². The molecule has 0 radical (unpaired) electrons. The van der Waals surface area contributed by atoms with Crippen molar-refractivity contribution in [2.75, 3.05) is 5.32 Å². The van der Waals surface area contributed by atoms with Gasteiger partial charge in [0.2, 0.25) is 5.91 Å².